The average Bonchev–Trinajstić information content (AvgIpc) is 3.57. The van der Waals surface area contributed by atoms with Crippen molar-refractivity contribution in [1.82, 2.24) is 20.4 Å². The van der Waals surface area contributed by atoms with Crippen LogP contribution in [-0.2, 0) is 4.74 Å². The molecule has 1 N–H and O–H groups in total. The zero-order valence-electron chi connectivity index (χ0n) is 18.9. The molecule has 1 saturated carbocycles. The van der Waals surface area contributed by atoms with Crippen LogP contribution in [0, 0.1) is 5.92 Å². The molecule has 1 aliphatic heterocycles. The van der Waals surface area contributed by atoms with Crippen molar-refractivity contribution in [3.8, 4) is 0 Å². The second-order valence-electron chi connectivity index (χ2n) is 9.22. The van der Waals surface area contributed by atoms with Crippen molar-refractivity contribution < 1.29 is 18.8 Å². The van der Waals surface area contributed by atoms with Gasteiger partial charge in [-0.05, 0) is 30.9 Å². The number of morpholine rings is 1. The standard InChI is InChI=1S/C25H28N4O4/c1-15(2)13-26-24(30)18-11-20(27-19-6-4-3-5-17(18)19)23-14-29(9-10-32-23)25(31)21-12-22(33-28-21)16-7-8-16/h3-6,11-12,15-16,23H,7-10,13-14H2,1-2H3,(H,26,30)/t23-/m0/s1. The first-order chi connectivity index (χ1) is 16.0. The fourth-order valence-corrected chi connectivity index (χ4v) is 4.07. The minimum Gasteiger partial charge on any atom is -0.368 e. The number of hydrogen-bond acceptors (Lipinski definition) is 6. The summed E-state index contributed by atoms with van der Waals surface area (Å²) in [5.74, 6) is 1.23. The number of rotatable bonds is 6. The van der Waals surface area contributed by atoms with Crippen molar-refractivity contribution in [3.63, 3.8) is 0 Å². The number of ether oxygens (including phenoxy) is 1. The Balaban J connectivity index is 1.39. The summed E-state index contributed by atoms with van der Waals surface area (Å²) in [7, 11) is 0. The number of para-hydroxylation sites is 1. The third-order valence-corrected chi connectivity index (χ3v) is 6.06. The number of benzene rings is 1. The molecule has 2 aromatic heterocycles. The van der Waals surface area contributed by atoms with Crippen LogP contribution in [0.4, 0.5) is 0 Å². The van der Waals surface area contributed by atoms with E-state index < -0.39 is 6.10 Å². The molecule has 3 aromatic rings. The fourth-order valence-electron chi connectivity index (χ4n) is 4.07. The van der Waals surface area contributed by atoms with E-state index in [2.05, 4.69) is 24.3 Å². The number of carbonyl (C=O) groups is 2. The molecule has 1 aliphatic carbocycles. The smallest absolute Gasteiger partial charge is 0.276 e. The second-order valence-corrected chi connectivity index (χ2v) is 9.22. The Bertz CT molecular complexity index is 1180. The third-order valence-electron chi connectivity index (χ3n) is 6.06. The lowest BCUT2D eigenvalue weighted by Crippen LogP contribution is -2.42. The Hall–Kier alpha value is -3.26. The van der Waals surface area contributed by atoms with E-state index in [-0.39, 0.29) is 11.8 Å². The molecule has 5 rings (SSSR count). The Morgan fingerprint density at radius 1 is 1.21 bits per heavy atom. The van der Waals surface area contributed by atoms with E-state index in [1.165, 1.54) is 0 Å². The number of aromatic nitrogens is 2. The van der Waals surface area contributed by atoms with E-state index in [0.29, 0.717) is 55.0 Å². The summed E-state index contributed by atoms with van der Waals surface area (Å²) >= 11 is 0. The Labute approximate surface area is 192 Å². The second kappa shape index (κ2) is 8.94. The predicted molar refractivity (Wildman–Crippen MR) is 122 cm³/mol. The third kappa shape index (κ3) is 4.61. The molecule has 2 fully saturated rings. The molecule has 0 bridgehead atoms. The van der Waals surface area contributed by atoms with Gasteiger partial charge in [-0.1, -0.05) is 37.2 Å². The molecule has 0 unspecified atom stereocenters. The minimum absolute atomic E-state index is 0.137. The van der Waals surface area contributed by atoms with E-state index in [1.807, 2.05) is 24.3 Å². The zero-order valence-corrected chi connectivity index (χ0v) is 18.9. The molecule has 0 radical (unpaired) electrons. The van der Waals surface area contributed by atoms with Crippen LogP contribution in [0.1, 0.15) is 71.0 Å². The first-order valence-electron chi connectivity index (χ1n) is 11.5. The molecule has 0 spiro atoms. The first kappa shape index (κ1) is 21.6. The van der Waals surface area contributed by atoms with E-state index in [4.69, 9.17) is 14.2 Å². The largest absolute Gasteiger partial charge is 0.368 e. The van der Waals surface area contributed by atoms with Gasteiger partial charge in [0, 0.05) is 30.5 Å². The molecular formula is C25H28N4O4. The summed E-state index contributed by atoms with van der Waals surface area (Å²) in [6.45, 7) is 5.89. The van der Waals surface area contributed by atoms with Crippen molar-refractivity contribution in [2.45, 2.75) is 38.7 Å². The van der Waals surface area contributed by atoms with Crippen molar-refractivity contribution in [2.75, 3.05) is 26.2 Å². The highest BCUT2D eigenvalue weighted by atomic mass is 16.5. The van der Waals surface area contributed by atoms with Crippen LogP contribution in [0.25, 0.3) is 10.9 Å². The first-order valence-corrected chi connectivity index (χ1v) is 11.5. The van der Waals surface area contributed by atoms with E-state index >= 15 is 0 Å². The minimum atomic E-state index is -0.432. The Morgan fingerprint density at radius 2 is 2.03 bits per heavy atom. The molecule has 1 saturated heterocycles. The molecule has 1 aromatic carbocycles. The van der Waals surface area contributed by atoms with Crippen molar-refractivity contribution in [1.29, 1.82) is 0 Å². The van der Waals surface area contributed by atoms with Crippen LogP contribution in [-0.4, -0.2) is 53.1 Å². The average molecular weight is 449 g/mol. The highest BCUT2D eigenvalue weighted by Crippen LogP contribution is 2.40. The summed E-state index contributed by atoms with van der Waals surface area (Å²) in [6, 6.07) is 11.1. The van der Waals surface area contributed by atoms with Gasteiger partial charge in [-0.15, -0.1) is 0 Å². The Morgan fingerprint density at radius 3 is 2.82 bits per heavy atom. The number of amides is 2. The van der Waals surface area contributed by atoms with Crippen LogP contribution < -0.4 is 5.32 Å². The van der Waals surface area contributed by atoms with Crippen LogP contribution >= 0.6 is 0 Å². The summed E-state index contributed by atoms with van der Waals surface area (Å²) in [4.78, 5) is 32.5. The lowest BCUT2D eigenvalue weighted by molar-refractivity contribution is -0.0249. The van der Waals surface area contributed by atoms with Crippen LogP contribution in [0.2, 0.25) is 0 Å². The Kier molecular flexibility index (Phi) is 5.85. The lowest BCUT2D eigenvalue weighted by Gasteiger charge is -2.32. The lowest BCUT2D eigenvalue weighted by atomic mass is 10.0. The van der Waals surface area contributed by atoms with Crippen LogP contribution in [0.15, 0.2) is 40.9 Å². The van der Waals surface area contributed by atoms with E-state index in [9.17, 15) is 9.59 Å². The molecule has 8 nitrogen and oxygen atoms in total. The fraction of sp³-hybridized carbons (Fsp3) is 0.440. The normalized spacial score (nSPS) is 18.6. The molecule has 3 heterocycles. The maximum absolute atomic E-state index is 13.0. The van der Waals surface area contributed by atoms with Gasteiger partial charge in [0.2, 0.25) is 0 Å². The van der Waals surface area contributed by atoms with Gasteiger partial charge >= 0.3 is 0 Å². The predicted octanol–water partition coefficient (Wildman–Crippen LogP) is 3.70. The topological polar surface area (TPSA) is 97.6 Å². The molecule has 2 aliphatic rings. The number of hydrogen-bond donors (Lipinski definition) is 1. The molecule has 1 atom stereocenters. The van der Waals surface area contributed by atoms with Crippen LogP contribution in [0.5, 0.6) is 0 Å². The molecule has 172 valence electrons. The van der Waals surface area contributed by atoms with Gasteiger partial charge < -0.3 is 19.5 Å². The summed E-state index contributed by atoms with van der Waals surface area (Å²) in [5, 5.41) is 7.78. The van der Waals surface area contributed by atoms with Gasteiger partial charge in [-0.3, -0.25) is 9.59 Å². The quantitative estimate of drug-likeness (QED) is 0.618. The van der Waals surface area contributed by atoms with Gasteiger partial charge in [0.05, 0.1) is 29.9 Å². The SMILES string of the molecule is CC(C)CNC(=O)c1cc([C@@H]2CN(C(=O)c3cc(C4CC4)on3)CCO2)nc2ccccc12. The van der Waals surface area contributed by atoms with Gasteiger partial charge in [0.25, 0.3) is 11.8 Å². The zero-order chi connectivity index (χ0) is 22.9. The monoisotopic (exact) mass is 448 g/mol. The van der Waals surface area contributed by atoms with Gasteiger partial charge in [0.1, 0.15) is 11.9 Å². The number of pyridine rings is 1. The van der Waals surface area contributed by atoms with E-state index in [0.717, 1.165) is 29.5 Å². The number of nitrogens with one attached hydrogen (secondary N) is 1. The van der Waals surface area contributed by atoms with Gasteiger partial charge in [-0.25, -0.2) is 4.98 Å². The number of fused-ring (bicyclic) bond motifs is 1. The summed E-state index contributed by atoms with van der Waals surface area (Å²) < 4.78 is 11.3. The number of nitrogens with zero attached hydrogens (tertiary/aromatic N) is 3. The highest BCUT2D eigenvalue weighted by Gasteiger charge is 2.32. The maximum atomic E-state index is 13.0. The molecule has 8 heteroatoms. The summed E-state index contributed by atoms with van der Waals surface area (Å²) in [6.07, 6.45) is 1.74. The van der Waals surface area contributed by atoms with E-state index in [1.54, 1.807) is 17.0 Å². The molecular weight excluding hydrogens is 420 g/mol. The van der Waals surface area contributed by atoms with Crippen molar-refractivity contribution >= 4 is 22.7 Å². The van der Waals surface area contributed by atoms with Crippen LogP contribution in [0.3, 0.4) is 0 Å². The van der Waals surface area contributed by atoms with Gasteiger partial charge in [-0.2, -0.15) is 0 Å². The number of carbonyl (C=O) groups excluding carboxylic acids is 2. The van der Waals surface area contributed by atoms with Crippen molar-refractivity contribution in [3.05, 3.63) is 59.1 Å². The highest BCUT2D eigenvalue weighted by molar-refractivity contribution is 6.06. The van der Waals surface area contributed by atoms with Crippen molar-refractivity contribution in [2.24, 2.45) is 5.92 Å². The summed E-state index contributed by atoms with van der Waals surface area (Å²) in [5.41, 5.74) is 2.26. The molecule has 33 heavy (non-hydrogen) atoms. The van der Waals surface area contributed by atoms with Gasteiger partial charge in [0.15, 0.2) is 5.69 Å². The maximum Gasteiger partial charge on any atom is 0.276 e. The molecule has 2 amide bonds.